The van der Waals surface area contributed by atoms with Crippen molar-refractivity contribution in [3.05, 3.63) is 42.2 Å². The van der Waals surface area contributed by atoms with Crippen LogP contribution in [0.2, 0.25) is 0 Å². The molecule has 0 radical (unpaired) electrons. The molecular weight excluding hydrogens is 276 g/mol. The molecule has 1 fully saturated rings. The minimum atomic E-state index is 0.603. The quantitative estimate of drug-likeness (QED) is 0.831. The standard InChI is InChI=1S/C17H22N4O/c1-14-4-6-15(7-5-14)22-11-8-18-16-12-17(20-13-19-16)21-9-2-3-10-21/h4-7,12-13H,2-3,8-11H2,1H3,(H,18,19,20). The lowest BCUT2D eigenvalue weighted by Crippen LogP contribution is -2.19. The Bertz CT molecular complexity index is 594. The maximum Gasteiger partial charge on any atom is 0.134 e. The Morgan fingerprint density at radius 3 is 2.68 bits per heavy atom. The SMILES string of the molecule is Cc1ccc(OCCNc2cc(N3CCCC3)ncn2)cc1. The van der Waals surface area contributed by atoms with E-state index in [1.807, 2.05) is 18.2 Å². The maximum absolute atomic E-state index is 5.70. The molecule has 1 aliphatic heterocycles. The van der Waals surface area contributed by atoms with Crippen LogP contribution in [0.4, 0.5) is 11.6 Å². The molecule has 22 heavy (non-hydrogen) atoms. The summed E-state index contributed by atoms with van der Waals surface area (Å²) in [4.78, 5) is 10.9. The summed E-state index contributed by atoms with van der Waals surface area (Å²) < 4.78 is 5.70. The minimum absolute atomic E-state index is 0.603. The van der Waals surface area contributed by atoms with E-state index in [1.165, 1.54) is 18.4 Å². The van der Waals surface area contributed by atoms with Gasteiger partial charge in [-0.05, 0) is 31.9 Å². The second kappa shape index (κ2) is 7.11. The fraction of sp³-hybridized carbons (Fsp3) is 0.412. The van der Waals surface area contributed by atoms with E-state index in [2.05, 4.69) is 39.2 Å². The summed E-state index contributed by atoms with van der Waals surface area (Å²) in [6.45, 7) is 5.56. The molecule has 1 N–H and O–H groups in total. The third-order valence-electron chi connectivity index (χ3n) is 3.78. The summed E-state index contributed by atoms with van der Waals surface area (Å²) in [5.41, 5.74) is 1.24. The summed E-state index contributed by atoms with van der Waals surface area (Å²) in [5, 5.41) is 3.29. The molecule has 0 saturated carbocycles. The maximum atomic E-state index is 5.70. The van der Waals surface area contributed by atoms with Crippen LogP contribution in [-0.4, -0.2) is 36.2 Å². The van der Waals surface area contributed by atoms with Crippen molar-refractivity contribution < 1.29 is 4.74 Å². The number of benzene rings is 1. The topological polar surface area (TPSA) is 50.3 Å². The van der Waals surface area contributed by atoms with Crippen LogP contribution in [0.5, 0.6) is 5.75 Å². The Balaban J connectivity index is 1.47. The van der Waals surface area contributed by atoms with Gasteiger partial charge in [-0.15, -0.1) is 0 Å². The lowest BCUT2D eigenvalue weighted by Gasteiger charge is -2.16. The van der Waals surface area contributed by atoms with Gasteiger partial charge in [-0.1, -0.05) is 17.7 Å². The van der Waals surface area contributed by atoms with Crippen molar-refractivity contribution in [1.82, 2.24) is 9.97 Å². The number of nitrogens with one attached hydrogen (secondary N) is 1. The zero-order valence-electron chi connectivity index (χ0n) is 13.0. The van der Waals surface area contributed by atoms with Crippen molar-refractivity contribution in [2.45, 2.75) is 19.8 Å². The number of anilines is 2. The molecule has 5 heteroatoms. The summed E-state index contributed by atoms with van der Waals surface area (Å²) >= 11 is 0. The number of ether oxygens (including phenoxy) is 1. The van der Waals surface area contributed by atoms with Gasteiger partial charge in [-0.2, -0.15) is 0 Å². The first-order chi connectivity index (χ1) is 10.8. The molecule has 5 nitrogen and oxygen atoms in total. The van der Waals surface area contributed by atoms with Gasteiger partial charge in [0.1, 0.15) is 30.3 Å². The van der Waals surface area contributed by atoms with Gasteiger partial charge >= 0.3 is 0 Å². The predicted octanol–water partition coefficient (Wildman–Crippen LogP) is 2.88. The zero-order valence-corrected chi connectivity index (χ0v) is 13.0. The molecule has 2 heterocycles. The van der Waals surface area contributed by atoms with Crippen molar-refractivity contribution >= 4 is 11.6 Å². The first kappa shape index (κ1) is 14.6. The van der Waals surface area contributed by atoms with E-state index in [0.717, 1.165) is 30.5 Å². The molecule has 0 atom stereocenters. The van der Waals surface area contributed by atoms with Crippen molar-refractivity contribution in [2.75, 3.05) is 36.5 Å². The molecule has 0 bridgehead atoms. The normalized spacial score (nSPS) is 14.1. The first-order valence-corrected chi connectivity index (χ1v) is 7.81. The van der Waals surface area contributed by atoms with Gasteiger partial charge in [0.05, 0.1) is 6.54 Å². The number of aryl methyl sites for hydroxylation is 1. The monoisotopic (exact) mass is 298 g/mol. The summed E-state index contributed by atoms with van der Waals surface area (Å²) in [6, 6.07) is 10.1. The largest absolute Gasteiger partial charge is 0.492 e. The number of nitrogens with zero attached hydrogens (tertiary/aromatic N) is 3. The number of rotatable bonds is 6. The second-order valence-electron chi connectivity index (χ2n) is 5.54. The average molecular weight is 298 g/mol. The van der Waals surface area contributed by atoms with Crippen molar-refractivity contribution in [1.29, 1.82) is 0 Å². The van der Waals surface area contributed by atoms with Crippen LogP contribution in [-0.2, 0) is 0 Å². The van der Waals surface area contributed by atoms with E-state index in [9.17, 15) is 0 Å². The molecule has 0 spiro atoms. The Labute approximate surface area is 131 Å². The van der Waals surface area contributed by atoms with Gasteiger partial charge in [0.2, 0.25) is 0 Å². The van der Waals surface area contributed by atoms with Gasteiger partial charge < -0.3 is 15.0 Å². The molecule has 0 unspecified atom stereocenters. The molecule has 0 amide bonds. The van der Waals surface area contributed by atoms with Gasteiger partial charge in [-0.3, -0.25) is 0 Å². The molecule has 116 valence electrons. The van der Waals surface area contributed by atoms with Gasteiger partial charge in [0, 0.05) is 19.2 Å². The lowest BCUT2D eigenvalue weighted by atomic mass is 10.2. The van der Waals surface area contributed by atoms with Crippen LogP contribution in [0.25, 0.3) is 0 Å². The van der Waals surface area contributed by atoms with Crippen molar-refractivity contribution in [2.24, 2.45) is 0 Å². The number of aromatic nitrogens is 2. The molecule has 0 aliphatic carbocycles. The molecular formula is C17H22N4O. The fourth-order valence-electron chi connectivity index (χ4n) is 2.55. The van der Waals surface area contributed by atoms with E-state index in [0.29, 0.717) is 13.2 Å². The van der Waals surface area contributed by atoms with Crippen molar-refractivity contribution in [3.63, 3.8) is 0 Å². The molecule has 1 aliphatic rings. The first-order valence-electron chi connectivity index (χ1n) is 7.81. The third kappa shape index (κ3) is 3.87. The van der Waals surface area contributed by atoms with Crippen molar-refractivity contribution in [3.8, 4) is 5.75 Å². The number of hydrogen-bond donors (Lipinski definition) is 1. The highest BCUT2D eigenvalue weighted by atomic mass is 16.5. The zero-order chi connectivity index (χ0) is 15.2. The van der Waals surface area contributed by atoms with E-state index in [4.69, 9.17) is 4.74 Å². The minimum Gasteiger partial charge on any atom is -0.492 e. The molecule has 1 saturated heterocycles. The lowest BCUT2D eigenvalue weighted by molar-refractivity contribution is 0.332. The summed E-state index contributed by atoms with van der Waals surface area (Å²) in [7, 11) is 0. The molecule has 1 aromatic heterocycles. The van der Waals surface area contributed by atoms with Crippen LogP contribution in [0.3, 0.4) is 0 Å². The Hall–Kier alpha value is -2.30. The molecule has 3 rings (SSSR count). The van der Waals surface area contributed by atoms with E-state index >= 15 is 0 Å². The Morgan fingerprint density at radius 2 is 1.91 bits per heavy atom. The Kier molecular flexibility index (Phi) is 4.73. The van der Waals surface area contributed by atoms with Crippen LogP contribution < -0.4 is 15.0 Å². The average Bonchev–Trinajstić information content (AvgIpc) is 3.08. The van der Waals surface area contributed by atoms with E-state index < -0.39 is 0 Å². The van der Waals surface area contributed by atoms with Gasteiger partial charge in [0.15, 0.2) is 0 Å². The number of hydrogen-bond acceptors (Lipinski definition) is 5. The Morgan fingerprint density at radius 1 is 1.14 bits per heavy atom. The van der Waals surface area contributed by atoms with Gasteiger partial charge in [-0.25, -0.2) is 9.97 Å². The van der Waals surface area contributed by atoms with E-state index in [1.54, 1.807) is 6.33 Å². The van der Waals surface area contributed by atoms with Crippen LogP contribution in [0.1, 0.15) is 18.4 Å². The molecule has 2 aromatic rings. The van der Waals surface area contributed by atoms with Crippen LogP contribution in [0.15, 0.2) is 36.7 Å². The third-order valence-corrected chi connectivity index (χ3v) is 3.78. The highest BCUT2D eigenvalue weighted by Gasteiger charge is 2.13. The highest BCUT2D eigenvalue weighted by molar-refractivity contribution is 5.48. The smallest absolute Gasteiger partial charge is 0.134 e. The van der Waals surface area contributed by atoms with Gasteiger partial charge in [0.25, 0.3) is 0 Å². The summed E-state index contributed by atoms with van der Waals surface area (Å²) in [5.74, 6) is 2.76. The predicted molar refractivity (Wildman–Crippen MR) is 88.6 cm³/mol. The highest BCUT2D eigenvalue weighted by Crippen LogP contribution is 2.19. The fourth-order valence-corrected chi connectivity index (χ4v) is 2.55. The van der Waals surface area contributed by atoms with E-state index in [-0.39, 0.29) is 0 Å². The molecule has 1 aromatic carbocycles. The van der Waals surface area contributed by atoms with Crippen LogP contribution >= 0.6 is 0 Å². The second-order valence-corrected chi connectivity index (χ2v) is 5.54. The summed E-state index contributed by atoms with van der Waals surface area (Å²) in [6.07, 6.45) is 4.12. The van der Waals surface area contributed by atoms with Crippen LogP contribution in [0, 0.1) is 6.92 Å².